The summed E-state index contributed by atoms with van der Waals surface area (Å²) in [5.41, 5.74) is 1.52. The van der Waals surface area contributed by atoms with Crippen molar-refractivity contribution in [1.29, 1.82) is 0 Å². The Morgan fingerprint density at radius 1 is 1.22 bits per heavy atom. The van der Waals surface area contributed by atoms with E-state index in [1.165, 1.54) is 0 Å². The number of rotatable bonds is 6. The van der Waals surface area contributed by atoms with Gasteiger partial charge in [0.1, 0.15) is 29.4 Å². The Kier molecular flexibility index (Phi) is 6.14. The number of fused-ring (bicyclic) bond motifs is 3. The van der Waals surface area contributed by atoms with Gasteiger partial charge >= 0.3 is 6.01 Å². The van der Waals surface area contributed by atoms with Crippen LogP contribution in [0.4, 0.5) is 10.2 Å². The molecular weight excluding hydrogens is 521 g/mol. The number of aromatic nitrogens is 2. The normalized spacial score (nSPS) is 19.0. The first-order valence-electron chi connectivity index (χ1n) is 14.0. The summed E-state index contributed by atoms with van der Waals surface area (Å²) in [7, 11) is 4.11. The molecule has 1 saturated carbocycles. The lowest BCUT2D eigenvalue weighted by atomic mass is 9.93. The number of phenols is 1. The second kappa shape index (κ2) is 9.75. The fourth-order valence-electron chi connectivity index (χ4n) is 6.32. The fourth-order valence-corrected chi connectivity index (χ4v) is 6.32. The first kappa shape index (κ1) is 25.8. The van der Waals surface area contributed by atoms with Crippen LogP contribution in [0.25, 0.3) is 32.8 Å². The number of hydrogen-bond donors (Lipinski definition) is 2. The van der Waals surface area contributed by atoms with Crippen molar-refractivity contribution in [3.63, 3.8) is 0 Å². The van der Waals surface area contributed by atoms with Crippen molar-refractivity contribution in [3.8, 4) is 41.0 Å². The number of nitrogens with one attached hydrogen (secondary N) is 1. The van der Waals surface area contributed by atoms with Crippen LogP contribution in [-0.2, 0) is 0 Å². The summed E-state index contributed by atoms with van der Waals surface area (Å²) in [4.78, 5) is 13.9. The Morgan fingerprint density at radius 2 is 2.07 bits per heavy atom. The van der Waals surface area contributed by atoms with Crippen LogP contribution < -0.4 is 19.7 Å². The van der Waals surface area contributed by atoms with E-state index in [2.05, 4.69) is 40.1 Å². The Bertz CT molecular complexity index is 1730. The molecule has 4 aromatic rings. The van der Waals surface area contributed by atoms with Crippen molar-refractivity contribution in [1.82, 2.24) is 20.2 Å². The maximum Gasteiger partial charge on any atom is 0.319 e. The van der Waals surface area contributed by atoms with Crippen molar-refractivity contribution < 1.29 is 19.0 Å². The summed E-state index contributed by atoms with van der Waals surface area (Å²) in [5.74, 6) is 3.30. The summed E-state index contributed by atoms with van der Waals surface area (Å²) < 4.78 is 29.4. The monoisotopic (exact) mass is 553 g/mol. The first-order chi connectivity index (χ1) is 19.9. The summed E-state index contributed by atoms with van der Waals surface area (Å²) in [6, 6.07) is 10.5. The van der Waals surface area contributed by atoms with E-state index in [1.807, 2.05) is 18.2 Å². The molecule has 0 unspecified atom stereocenters. The molecule has 0 bridgehead atoms. The minimum absolute atomic E-state index is 0.0131. The number of anilines is 1. The molecule has 41 heavy (non-hydrogen) atoms. The number of piperazine rings is 1. The fraction of sp³-hybridized carbons (Fsp3) is 0.375. The zero-order chi connectivity index (χ0) is 28.3. The van der Waals surface area contributed by atoms with Gasteiger partial charge in [-0.3, -0.25) is 0 Å². The lowest BCUT2D eigenvalue weighted by Gasteiger charge is -2.35. The van der Waals surface area contributed by atoms with E-state index in [0.29, 0.717) is 58.6 Å². The molecule has 8 nitrogen and oxygen atoms in total. The number of hydrogen-bond acceptors (Lipinski definition) is 8. The Hall–Kier alpha value is -4.13. The summed E-state index contributed by atoms with van der Waals surface area (Å²) in [6.45, 7) is 3.99. The second-order valence-corrected chi connectivity index (χ2v) is 11.7. The van der Waals surface area contributed by atoms with Gasteiger partial charge in [-0.25, -0.2) is 4.39 Å². The van der Waals surface area contributed by atoms with Gasteiger partial charge in [-0.1, -0.05) is 18.1 Å². The van der Waals surface area contributed by atoms with Crippen LogP contribution in [0, 0.1) is 23.6 Å². The Morgan fingerprint density at radius 3 is 2.85 bits per heavy atom. The highest BCUT2D eigenvalue weighted by Gasteiger charge is 2.44. The molecule has 2 fully saturated rings. The second-order valence-electron chi connectivity index (χ2n) is 11.7. The number of terminal acetylenes is 1. The molecule has 210 valence electrons. The standard InChI is InChI=1S/C32H32FN5O3/c1-4-19-6-5-7-20-12-22(39)13-23(26(19)20)24-14-25-27-29(28(24)33)35-31(41-18-32(8-9-32)17-37(2)3)36-30(27)38-11-10-34-15-21(38)16-40-25/h1,5-7,12-14,21,34,39H,8-11,15-18H2,2-3H3/t21-/m0/s1. The van der Waals surface area contributed by atoms with Crippen molar-refractivity contribution in [3.05, 3.63) is 47.8 Å². The van der Waals surface area contributed by atoms with Crippen LogP contribution in [0.2, 0.25) is 0 Å². The van der Waals surface area contributed by atoms with Crippen LogP contribution in [0.1, 0.15) is 18.4 Å². The largest absolute Gasteiger partial charge is 0.508 e. The van der Waals surface area contributed by atoms with Crippen LogP contribution in [-0.4, -0.2) is 79.5 Å². The zero-order valence-electron chi connectivity index (χ0n) is 23.2. The molecule has 3 heterocycles. The molecule has 0 radical (unpaired) electrons. The quantitative estimate of drug-likeness (QED) is 0.345. The molecule has 1 atom stereocenters. The number of halogens is 1. The molecule has 3 aromatic carbocycles. The lowest BCUT2D eigenvalue weighted by Crippen LogP contribution is -2.53. The van der Waals surface area contributed by atoms with E-state index >= 15 is 4.39 Å². The highest BCUT2D eigenvalue weighted by Crippen LogP contribution is 2.47. The van der Waals surface area contributed by atoms with Crippen LogP contribution in [0.15, 0.2) is 36.4 Å². The lowest BCUT2D eigenvalue weighted by molar-refractivity contribution is 0.183. The van der Waals surface area contributed by atoms with Gasteiger partial charge in [0, 0.05) is 48.1 Å². The van der Waals surface area contributed by atoms with Gasteiger partial charge in [0.05, 0.1) is 18.0 Å². The summed E-state index contributed by atoms with van der Waals surface area (Å²) >= 11 is 0. The molecular formula is C32H32FN5O3. The number of ether oxygens (including phenoxy) is 2. The third kappa shape index (κ3) is 4.48. The number of nitrogens with zero attached hydrogens (tertiary/aromatic N) is 4. The SMILES string of the molecule is C#Cc1cccc2cc(O)cc(-c3cc4c5c(nc(OCC6(CN(C)C)CC6)nc5c3F)N3CCNC[C@H]3CO4)c12. The van der Waals surface area contributed by atoms with Crippen molar-refractivity contribution in [2.45, 2.75) is 18.9 Å². The third-order valence-corrected chi connectivity index (χ3v) is 8.41. The van der Waals surface area contributed by atoms with Gasteiger partial charge < -0.3 is 29.7 Å². The van der Waals surface area contributed by atoms with Crippen molar-refractivity contribution in [2.75, 3.05) is 58.4 Å². The topological polar surface area (TPSA) is 83.0 Å². The van der Waals surface area contributed by atoms with E-state index in [0.717, 1.165) is 32.5 Å². The van der Waals surface area contributed by atoms with Gasteiger partial charge in [0.25, 0.3) is 0 Å². The smallest absolute Gasteiger partial charge is 0.319 e. The molecule has 1 aliphatic carbocycles. The maximum absolute atomic E-state index is 16.8. The molecule has 0 amide bonds. The van der Waals surface area contributed by atoms with Gasteiger partial charge in [0.2, 0.25) is 0 Å². The van der Waals surface area contributed by atoms with Crippen LogP contribution in [0.3, 0.4) is 0 Å². The zero-order valence-corrected chi connectivity index (χ0v) is 23.2. The molecule has 1 saturated heterocycles. The van der Waals surface area contributed by atoms with Crippen LogP contribution >= 0.6 is 0 Å². The average molecular weight is 554 g/mol. The number of phenolic OH excluding ortho intramolecular Hbond substituents is 1. The Labute approximate surface area is 238 Å². The Balaban J connectivity index is 1.44. The van der Waals surface area contributed by atoms with E-state index in [9.17, 15) is 5.11 Å². The molecule has 2 aliphatic heterocycles. The highest BCUT2D eigenvalue weighted by molar-refractivity contribution is 6.05. The predicted octanol–water partition coefficient (Wildman–Crippen LogP) is 4.17. The predicted molar refractivity (Wildman–Crippen MR) is 157 cm³/mol. The number of benzene rings is 3. The first-order valence-corrected chi connectivity index (χ1v) is 14.0. The molecule has 2 N–H and O–H groups in total. The molecule has 3 aliphatic rings. The molecule has 9 heteroatoms. The summed E-state index contributed by atoms with van der Waals surface area (Å²) in [5, 5.41) is 15.9. The molecule has 0 spiro atoms. The van der Waals surface area contributed by atoms with E-state index in [1.54, 1.807) is 18.2 Å². The van der Waals surface area contributed by atoms with Gasteiger partial charge in [-0.2, -0.15) is 9.97 Å². The molecule has 1 aromatic heterocycles. The van der Waals surface area contributed by atoms with Crippen molar-refractivity contribution in [2.24, 2.45) is 5.41 Å². The third-order valence-electron chi connectivity index (χ3n) is 8.41. The number of aromatic hydroxyl groups is 1. The minimum atomic E-state index is -0.539. The minimum Gasteiger partial charge on any atom is -0.508 e. The van der Waals surface area contributed by atoms with E-state index in [-0.39, 0.29) is 34.3 Å². The summed E-state index contributed by atoms with van der Waals surface area (Å²) in [6.07, 6.45) is 7.99. The van der Waals surface area contributed by atoms with E-state index < -0.39 is 5.82 Å². The molecule has 7 rings (SSSR count). The van der Waals surface area contributed by atoms with E-state index in [4.69, 9.17) is 20.9 Å². The van der Waals surface area contributed by atoms with Crippen LogP contribution in [0.5, 0.6) is 17.5 Å². The highest BCUT2D eigenvalue weighted by atomic mass is 19.1. The van der Waals surface area contributed by atoms with Gasteiger partial charge in [-0.05, 0) is 62.2 Å². The maximum atomic E-state index is 16.8. The van der Waals surface area contributed by atoms with Gasteiger partial charge in [-0.15, -0.1) is 6.42 Å². The van der Waals surface area contributed by atoms with Gasteiger partial charge in [0.15, 0.2) is 5.82 Å². The average Bonchev–Trinajstić information content (AvgIpc) is 3.75. The van der Waals surface area contributed by atoms with Crippen molar-refractivity contribution >= 4 is 27.5 Å².